The highest BCUT2D eigenvalue weighted by atomic mass is 15.3. The molecule has 0 saturated heterocycles. The Morgan fingerprint density at radius 1 is 0.842 bits per heavy atom. The first-order valence-corrected chi connectivity index (χ1v) is 6.08. The van der Waals surface area contributed by atoms with Gasteiger partial charge in [-0.2, -0.15) is 0 Å². The zero-order valence-corrected chi connectivity index (χ0v) is 10.0. The highest BCUT2D eigenvalue weighted by Gasteiger charge is 2.10. The van der Waals surface area contributed by atoms with Gasteiger partial charge in [0.25, 0.3) is 0 Å². The molecule has 1 aliphatic rings. The highest BCUT2D eigenvalue weighted by Crippen LogP contribution is 2.32. The van der Waals surface area contributed by atoms with Crippen molar-refractivity contribution in [1.82, 2.24) is 15.4 Å². The summed E-state index contributed by atoms with van der Waals surface area (Å²) >= 11 is 0. The van der Waals surface area contributed by atoms with Crippen LogP contribution < -0.4 is 10.8 Å². The summed E-state index contributed by atoms with van der Waals surface area (Å²) in [5.74, 6) is 0. The summed E-state index contributed by atoms with van der Waals surface area (Å²) in [6, 6.07) is 16.3. The molecule has 1 aliphatic heterocycles. The number of hydrogen-bond acceptors (Lipinski definition) is 3. The number of rotatable bonds is 0. The topological polar surface area (TPSA) is 53.9 Å². The summed E-state index contributed by atoms with van der Waals surface area (Å²) in [5, 5.41) is 11.6. The first kappa shape index (κ1) is 10.2. The standard InChI is InChI=1S/C15H10N4/c1-2-6-11-10(5-1)9-14-15(18-19-17-14)16-13-8-4-3-7-12(11)13/h1-9H,(H,16,17,18,19). The smallest absolute Gasteiger partial charge is 0.202 e. The van der Waals surface area contributed by atoms with E-state index in [1.54, 1.807) is 0 Å². The minimum Gasteiger partial charge on any atom is -0.256 e. The van der Waals surface area contributed by atoms with Gasteiger partial charge in [-0.3, -0.25) is 5.10 Å². The van der Waals surface area contributed by atoms with Crippen LogP contribution in [0.1, 0.15) is 5.56 Å². The van der Waals surface area contributed by atoms with Gasteiger partial charge in [-0.25, -0.2) is 4.99 Å². The Bertz CT molecular complexity index is 805. The molecule has 0 fully saturated rings. The van der Waals surface area contributed by atoms with Gasteiger partial charge in [0.05, 0.1) is 5.69 Å². The van der Waals surface area contributed by atoms with E-state index in [2.05, 4.69) is 38.6 Å². The number of fused-ring (bicyclic) bond motifs is 4. The Morgan fingerprint density at radius 3 is 2.58 bits per heavy atom. The fraction of sp³-hybridized carbons (Fsp3) is 0. The number of nitrogens with zero attached hydrogens (tertiary/aromatic N) is 3. The van der Waals surface area contributed by atoms with Crippen molar-refractivity contribution in [2.75, 3.05) is 0 Å². The Labute approximate surface area is 109 Å². The minimum absolute atomic E-state index is 0.627. The first-order chi connectivity index (χ1) is 9.42. The van der Waals surface area contributed by atoms with Gasteiger partial charge in [-0.15, -0.1) is 5.10 Å². The number of hydrogen-bond donors (Lipinski definition) is 1. The Kier molecular flexibility index (Phi) is 2.08. The molecule has 0 radical (unpaired) electrons. The van der Waals surface area contributed by atoms with E-state index < -0.39 is 0 Å². The molecule has 0 bridgehead atoms. The van der Waals surface area contributed by atoms with Gasteiger partial charge < -0.3 is 0 Å². The van der Waals surface area contributed by atoms with Crippen LogP contribution in [0.2, 0.25) is 0 Å². The molecule has 0 atom stereocenters. The van der Waals surface area contributed by atoms with Crippen molar-refractivity contribution >= 4 is 11.8 Å². The molecule has 0 spiro atoms. The minimum atomic E-state index is 0.627. The van der Waals surface area contributed by atoms with E-state index in [1.807, 2.05) is 36.4 Å². The number of aromatic nitrogens is 3. The second kappa shape index (κ2) is 3.88. The van der Waals surface area contributed by atoms with Crippen LogP contribution in [0.3, 0.4) is 0 Å². The van der Waals surface area contributed by atoms with Crippen LogP contribution in [0.4, 0.5) is 5.69 Å². The number of H-pyrrole nitrogens is 1. The first-order valence-electron chi connectivity index (χ1n) is 6.08. The van der Waals surface area contributed by atoms with Crippen molar-refractivity contribution in [2.45, 2.75) is 0 Å². The molecule has 1 N–H and O–H groups in total. The van der Waals surface area contributed by atoms with E-state index in [-0.39, 0.29) is 0 Å². The van der Waals surface area contributed by atoms with Crippen molar-refractivity contribution in [2.24, 2.45) is 4.99 Å². The van der Waals surface area contributed by atoms with Crippen molar-refractivity contribution in [3.05, 3.63) is 64.9 Å². The number of nitrogens with one attached hydrogen (secondary N) is 1. The van der Waals surface area contributed by atoms with Gasteiger partial charge in [-0.05, 0) is 23.3 Å². The third-order valence-electron chi connectivity index (χ3n) is 3.24. The van der Waals surface area contributed by atoms with Crippen molar-refractivity contribution in [1.29, 1.82) is 0 Å². The van der Waals surface area contributed by atoms with Gasteiger partial charge in [0, 0.05) is 5.56 Å². The molecule has 2 heterocycles. The molecule has 90 valence electrons. The maximum absolute atomic E-state index is 4.59. The number of para-hydroxylation sites is 1. The van der Waals surface area contributed by atoms with Crippen LogP contribution >= 0.6 is 0 Å². The normalized spacial score (nSPS) is 13.8. The van der Waals surface area contributed by atoms with Gasteiger partial charge >= 0.3 is 0 Å². The monoisotopic (exact) mass is 246 g/mol. The van der Waals surface area contributed by atoms with Crippen LogP contribution in [0.5, 0.6) is 0 Å². The largest absolute Gasteiger partial charge is 0.256 e. The summed E-state index contributed by atoms with van der Waals surface area (Å²) in [7, 11) is 0. The molecular formula is C15H10N4. The molecule has 1 aromatic heterocycles. The van der Waals surface area contributed by atoms with Crippen molar-refractivity contribution in [3.63, 3.8) is 0 Å². The lowest BCUT2D eigenvalue weighted by Crippen LogP contribution is -2.25. The molecular weight excluding hydrogens is 236 g/mol. The second-order valence-electron chi connectivity index (χ2n) is 4.41. The average molecular weight is 246 g/mol. The van der Waals surface area contributed by atoms with Gasteiger partial charge in [0.2, 0.25) is 5.49 Å². The highest BCUT2D eigenvalue weighted by molar-refractivity contribution is 5.82. The average Bonchev–Trinajstić information content (AvgIpc) is 2.85. The van der Waals surface area contributed by atoms with Crippen molar-refractivity contribution in [3.8, 4) is 11.1 Å². The lowest BCUT2D eigenvalue weighted by molar-refractivity contribution is 0.918. The van der Waals surface area contributed by atoms with E-state index >= 15 is 0 Å². The summed E-state index contributed by atoms with van der Waals surface area (Å²) < 4.78 is 0. The Balaban J connectivity index is 2.23. The zero-order chi connectivity index (χ0) is 12.7. The molecule has 0 unspecified atom stereocenters. The summed E-state index contributed by atoms with van der Waals surface area (Å²) in [5.41, 5.74) is 4.96. The van der Waals surface area contributed by atoms with E-state index in [9.17, 15) is 0 Å². The molecule has 0 amide bonds. The molecule has 0 saturated carbocycles. The Morgan fingerprint density at radius 2 is 1.63 bits per heavy atom. The third-order valence-corrected chi connectivity index (χ3v) is 3.24. The molecule has 2 aromatic carbocycles. The van der Waals surface area contributed by atoms with E-state index in [4.69, 9.17) is 0 Å². The van der Waals surface area contributed by atoms with Crippen LogP contribution in [-0.4, -0.2) is 15.4 Å². The molecule has 3 aromatic rings. The van der Waals surface area contributed by atoms with Crippen LogP contribution in [0.25, 0.3) is 17.2 Å². The molecule has 4 rings (SSSR count). The van der Waals surface area contributed by atoms with E-state index in [0.717, 1.165) is 22.2 Å². The van der Waals surface area contributed by atoms with Crippen LogP contribution in [0, 0.1) is 0 Å². The van der Waals surface area contributed by atoms with Crippen LogP contribution in [0.15, 0.2) is 53.5 Å². The zero-order valence-electron chi connectivity index (χ0n) is 10.0. The number of aromatic amines is 1. The lowest BCUT2D eigenvalue weighted by atomic mass is 9.97. The van der Waals surface area contributed by atoms with E-state index in [1.165, 1.54) is 5.56 Å². The predicted octanol–water partition coefficient (Wildman–Crippen LogP) is 1.57. The lowest BCUT2D eigenvalue weighted by Gasteiger charge is -2.10. The fourth-order valence-corrected chi connectivity index (χ4v) is 2.35. The van der Waals surface area contributed by atoms with Gasteiger partial charge in [0.15, 0.2) is 0 Å². The molecule has 4 heteroatoms. The summed E-state index contributed by atoms with van der Waals surface area (Å²) in [6.45, 7) is 0. The Hall–Kier alpha value is -2.75. The summed E-state index contributed by atoms with van der Waals surface area (Å²) in [4.78, 5) is 4.59. The van der Waals surface area contributed by atoms with E-state index in [0.29, 0.717) is 5.49 Å². The molecule has 4 nitrogen and oxygen atoms in total. The SMILES string of the molecule is C1=c2/[nH]nnc2=Nc2ccccc2-c2ccccc2/1. The second-order valence-corrected chi connectivity index (χ2v) is 4.41. The fourth-order valence-electron chi connectivity index (χ4n) is 2.35. The maximum Gasteiger partial charge on any atom is 0.202 e. The molecule has 19 heavy (non-hydrogen) atoms. The quantitative estimate of drug-likeness (QED) is 0.512. The van der Waals surface area contributed by atoms with Gasteiger partial charge in [0.1, 0.15) is 5.35 Å². The third kappa shape index (κ3) is 1.57. The molecule has 0 aliphatic carbocycles. The summed E-state index contributed by atoms with van der Waals surface area (Å²) in [6.07, 6.45) is 2.03. The van der Waals surface area contributed by atoms with Gasteiger partial charge in [-0.1, -0.05) is 47.7 Å². The van der Waals surface area contributed by atoms with Crippen molar-refractivity contribution < 1.29 is 0 Å². The maximum atomic E-state index is 4.59. The predicted molar refractivity (Wildman–Crippen MR) is 72.3 cm³/mol. The van der Waals surface area contributed by atoms with Crippen LogP contribution in [-0.2, 0) is 0 Å². The number of benzene rings is 2.